The van der Waals surface area contributed by atoms with E-state index in [0.717, 1.165) is 38.9 Å². The number of nitrogens with zero attached hydrogens (tertiary/aromatic N) is 1. The van der Waals surface area contributed by atoms with Gasteiger partial charge in [-0.2, -0.15) is 0 Å². The van der Waals surface area contributed by atoms with Gasteiger partial charge in [0, 0.05) is 13.0 Å². The molecule has 122 valence electrons. The van der Waals surface area contributed by atoms with E-state index in [9.17, 15) is 13.6 Å². The Hall–Kier alpha value is -1.49. The van der Waals surface area contributed by atoms with Gasteiger partial charge in [-0.15, -0.1) is 0 Å². The number of halogens is 2. The number of carbonyl (C=O) groups excluding carboxylic acids is 1. The lowest BCUT2D eigenvalue weighted by atomic mass is 9.93. The molecule has 22 heavy (non-hydrogen) atoms. The Morgan fingerprint density at radius 3 is 2.55 bits per heavy atom. The molecule has 1 heterocycles. The van der Waals surface area contributed by atoms with Crippen LogP contribution in [0, 0.1) is 5.92 Å². The van der Waals surface area contributed by atoms with E-state index in [2.05, 4.69) is 34.5 Å². The van der Waals surface area contributed by atoms with Gasteiger partial charge < -0.3 is 10.2 Å². The van der Waals surface area contributed by atoms with Gasteiger partial charge in [0.25, 0.3) is 6.43 Å². The van der Waals surface area contributed by atoms with Crippen LogP contribution in [0.4, 0.5) is 8.78 Å². The molecule has 0 aromatic heterocycles. The summed E-state index contributed by atoms with van der Waals surface area (Å²) >= 11 is 0. The number of likely N-dealkylation sites (tertiary alicyclic amines) is 1. The van der Waals surface area contributed by atoms with Gasteiger partial charge in [0.1, 0.15) is 0 Å². The van der Waals surface area contributed by atoms with Crippen LogP contribution in [-0.4, -0.2) is 43.4 Å². The largest absolute Gasteiger partial charge is 0.350 e. The normalized spacial score (nSPS) is 16.9. The van der Waals surface area contributed by atoms with Crippen LogP contribution in [0.25, 0.3) is 0 Å². The Kier molecular flexibility index (Phi) is 6.77. The number of rotatable bonds is 7. The third-order valence-electron chi connectivity index (χ3n) is 4.19. The molecule has 0 saturated carbocycles. The van der Waals surface area contributed by atoms with Crippen molar-refractivity contribution in [3.05, 3.63) is 35.9 Å². The van der Waals surface area contributed by atoms with Crippen molar-refractivity contribution in [3.63, 3.8) is 0 Å². The van der Waals surface area contributed by atoms with Gasteiger partial charge in [-0.05, 0) is 43.8 Å². The molecule has 0 bridgehead atoms. The molecule has 0 spiro atoms. The van der Waals surface area contributed by atoms with Crippen LogP contribution in [-0.2, 0) is 11.2 Å². The average molecular weight is 310 g/mol. The van der Waals surface area contributed by atoms with Crippen molar-refractivity contribution in [1.29, 1.82) is 0 Å². The molecule has 1 aromatic carbocycles. The van der Waals surface area contributed by atoms with Crippen LogP contribution >= 0.6 is 0 Å². The number of amides is 1. The lowest BCUT2D eigenvalue weighted by Gasteiger charge is -2.31. The smallest absolute Gasteiger partial charge is 0.255 e. The topological polar surface area (TPSA) is 32.3 Å². The van der Waals surface area contributed by atoms with E-state index in [0.29, 0.717) is 12.3 Å². The highest BCUT2D eigenvalue weighted by Crippen LogP contribution is 2.20. The van der Waals surface area contributed by atoms with Gasteiger partial charge in [-0.3, -0.25) is 4.79 Å². The first-order chi connectivity index (χ1) is 10.6. The minimum atomic E-state index is -2.47. The van der Waals surface area contributed by atoms with Crippen molar-refractivity contribution in [2.24, 2.45) is 5.92 Å². The Morgan fingerprint density at radius 1 is 1.23 bits per heavy atom. The van der Waals surface area contributed by atoms with E-state index in [1.165, 1.54) is 5.56 Å². The van der Waals surface area contributed by atoms with Gasteiger partial charge in [0.05, 0.1) is 6.54 Å². The standard InChI is InChI=1S/C17H24F2N2O/c18-16(19)13-20-17(22)12-15-7-10-21(11-8-15)9-6-14-4-2-1-3-5-14/h1-5,15-16H,6-13H2,(H,20,22). The second-order valence-corrected chi connectivity index (χ2v) is 5.92. The highest BCUT2D eigenvalue weighted by Gasteiger charge is 2.21. The fourth-order valence-electron chi connectivity index (χ4n) is 2.87. The van der Waals surface area contributed by atoms with E-state index in [1.54, 1.807) is 0 Å². The molecule has 1 aliphatic heterocycles. The number of benzene rings is 1. The van der Waals surface area contributed by atoms with Crippen LogP contribution in [0.15, 0.2) is 30.3 Å². The van der Waals surface area contributed by atoms with Crippen LogP contribution < -0.4 is 5.32 Å². The summed E-state index contributed by atoms with van der Waals surface area (Å²) in [6, 6.07) is 10.4. The number of nitrogens with one attached hydrogen (secondary N) is 1. The lowest BCUT2D eigenvalue weighted by Crippen LogP contribution is -2.37. The van der Waals surface area contributed by atoms with Crippen LogP contribution in [0.2, 0.25) is 0 Å². The summed E-state index contributed by atoms with van der Waals surface area (Å²) in [4.78, 5) is 14.0. The highest BCUT2D eigenvalue weighted by atomic mass is 19.3. The second kappa shape index (κ2) is 8.83. The molecule has 1 aromatic rings. The van der Waals surface area contributed by atoms with Gasteiger partial charge in [-0.25, -0.2) is 8.78 Å². The molecule has 1 saturated heterocycles. The van der Waals surface area contributed by atoms with E-state index in [4.69, 9.17) is 0 Å². The molecule has 1 aliphatic rings. The quantitative estimate of drug-likeness (QED) is 0.840. The molecule has 0 unspecified atom stereocenters. The number of hydrogen-bond donors (Lipinski definition) is 1. The molecular weight excluding hydrogens is 286 g/mol. The maximum atomic E-state index is 12.0. The molecule has 0 aliphatic carbocycles. The van der Waals surface area contributed by atoms with Crippen molar-refractivity contribution in [2.45, 2.75) is 32.1 Å². The lowest BCUT2D eigenvalue weighted by molar-refractivity contribution is -0.123. The SMILES string of the molecule is O=C(CC1CCN(CCc2ccccc2)CC1)NCC(F)F. The summed E-state index contributed by atoms with van der Waals surface area (Å²) in [5.41, 5.74) is 1.34. The van der Waals surface area contributed by atoms with E-state index in [-0.39, 0.29) is 5.91 Å². The van der Waals surface area contributed by atoms with Crippen molar-refractivity contribution in [2.75, 3.05) is 26.2 Å². The molecular formula is C17H24F2N2O. The van der Waals surface area contributed by atoms with E-state index < -0.39 is 13.0 Å². The van der Waals surface area contributed by atoms with Crippen LogP contribution in [0.3, 0.4) is 0 Å². The summed E-state index contributed by atoms with van der Waals surface area (Å²) in [6.07, 6.45) is 0.886. The number of piperidine rings is 1. The highest BCUT2D eigenvalue weighted by molar-refractivity contribution is 5.76. The molecule has 2 rings (SSSR count). The summed E-state index contributed by atoms with van der Waals surface area (Å²) in [5.74, 6) is 0.0775. The van der Waals surface area contributed by atoms with Gasteiger partial charge in [-0.1, -0.05) is 30.3 Å². The number of hydrogen-bond acceptors (Lipinski definition) is 2. The third-order valence-corrected chi connectivity index (χ3v) is 4.19. The zero-order valence-electron chi connectivity index (χ0n) is 12.8. The van der Waals surface area contributed by atoms with Crippen LogP contribution in [0.5, 0.6) is 0 Å². The minimum absolute atomic E-state index is 0.247. The number of carbonyl (C=O) groups is 1. The van der Waals surface area contributed by atoms with Crippen LogP contribution in [0.1, 0.15) is 24.8 Å². The maximum absolute atomic E-state index is 12.0. The van der Waals surface area contributed by atoms with Gasteiger partial charge in [0.2, 0.25) is 5.91 Å². The fraction of sp³-hybridized carbons (Fsp3) is 0.588. The van der Waals surface area contributed by atoms with Crippen molar-refractivity contribution < 1.29 is 13.6 Å². The Balaban J connectivity index is 1.62. The van der Waals surface area contributed by atoms with Crippen molar-refractivity contribution in [3.8, 4) is 0 Å². The monoisotopic (exact) mass is 310 g/mol. The first-order valence-corrected chi connectivity index (χ1v) is 7.94. The first-order valence-electron chi connectivity index (χ1n) is 7.94. The predicted molar refractivity (Wildman–Crippen MR) is 82.9 cm³/mol. The Bertz CT molecular complexity index is 445. The number of alkyl halides is 2. The average Bonchev–Trinajstić information content (AvgIpc) is 2.53. The Morgan fingerprint density at radius 2 is 1.91 bits per heavy atom. The molecule has 1 amide bonds. The molecule has 3 nitrogen and oxygen atoms in total. The zero-order valence-corrected chi connectivity index (χ0v) is 12.8. The molecule has 0 radical (unpaired) electrons. The van der Waals surface area contributed by atoms with Crippen molar-refractivity contribution in [1.82, 2.24) is 10.2 Å². The molecule has 0 atom stereocenters. The maximum Gasteiger partial charge on any atom is 0.255 e. The van der Waals surface area contributed by atoms with E-state index >= 15 is 0 Å². The molecule has 1 N–H and O–H groups in total. The Labute approximate surface area is 130 Å². The van der Waals surface area contributed by atoms with Gasteiger partial charge in [0.15, 0.2) is 0 Å². The van der Waals surface area contributed by atoms with Gasteiger partial charge >= 0.3 is 0 Å². The summed E-state index contributed by atoms with van der Waals surface area (Å²) in [5, 5.41) is 2.28. The summed E-state index contributed by atoms with van der Waals surface area (Å²) < 4.78 is 24.1. The fourth-order valence-corrected chi connectivity index (χ4v) is 2.87. The van der Waals surface area contributed by atoms with Crippen molar-refractivity contribution >= 4 is 5.91 Å². The first kappa shape index (κ1) is 16.9. The molecule has 1 fully saturated rings. The summed E-state index contributed by atoms with van der Waals surface area (Å²) in [6.45, 7) is 2.47. The predicted octanol–water partition coefficient (Wildman–Crippen LogP) is 2.71. The minimum Gasteiger partial charge on any atom is -0.350 e. The zero-order chi connectivity index (χ0) is 15.8. The van der Waals surface area contributed by atoms with E-state index in [1.807, 2.05) is 6.07 Å². The summed E-state index contributed by atoms with van der Waals surface area (Å²) in [7, 11) is 0. The third kappa shape index (κ3) is 6.10. The second-order valence-electron chi connectivity index (χ2n) is 5.92. The molecule has 5 heteroatoms.